The van der Waals surface area contributed by atoms with Gasteiger partial charge in [-0.3, -0.25) is 9.78 Å². The second-order valence-corrected chi connectivity index (χ2v) is 8.32. The van der Waals surface area contributed by atoms with Crippen molar-refractivity contribution in [2.75, 3.05) is 0 Å². The molecule has 2 aromatic rings. The average molecular weight is 471 g/mol. The van der Waals surface area contributed by atoms with Crippen LogP contribution in [0.1, 0.15) is 67.7 Å². The third kappa shape index (κ3) is 7.74. The van der Waals surface area contributed by atoms with Gasteiger partial charge in [-0.2, -0.15) is 9.78 Å². The van der Waals surface area contributed by atoms with Crippen LogP contribution in [0, 0.1) is 12.5 Å². The number of rotatable bonds is 10. The Morgan fingerprint density at radius 1 is 0.765 bits per heavy atom. The largest absolute Gasteiger partial charge is 0.491 e. The van der Waals surface area contributed by atoms with Crippen molar-refractivity contribution in [2.24, 2.45) is 0 Å². The maximum atomic E-state index is 12.3. The zero-order valence-corrected chi connectivity index (χ0v) is 19.8. The molecule has 3 rings (SSSR count). The third-order valence-corrected chi connectivity index (χ3v) is 4.72. The number of ether oxygens (including phenoxy) is 2. The molecular weight excluding hydrogens is 440 g/mol. The van der Waals surface area contributed by atoms with Crippen molar-refractivity contribution >= 4 is 11.9 Å². The molecule has 0 saturated heterocycles. The van der Waals surface area contributed by atoms with Gasteiger partial charge in [0.25, 0.3) is 0 Å². The van der Waals surface area contributed by atoms with Crippen LogP contribution in [0.25, 0.3) is 0 Å². The van der Waals surface area contributed by atoms with Gasteiger partial charge in [-0.25, -0.2) is 9.59 Å². The van der Waals surface area contributed by atoms with Crippen LogP contribution in [-0.4, -0.2) is 30.3 Å². The van der Waals surface area contributed by atoms with E-state index < -0.39 is 18.0 Å². The molecular formula is C26H30O8. The lowest BCUT2D eigenvalue weighted by molar-refractivity contribution is -0.317. The lowest BCUT2D eigenvalue weighted by atomic mass is 9.95. The fourth-order valence-electron chi connectivity index (χ4n) is 3.17. The Kier molecular flexibility index (Phi) is 9.30. The highest BCUT2D eigenvalue weighted by Crippen LogP contribution is 2.30. The van der Waals surface area contributed by atoms with Crippen LogP contribution >= 0.6 is 0 Å². The molecule has 0 amide bonds. The summed E-state index contributed by atoms with van der Waals surface area (Å²) in [7, 11) is 0. The summed E-state index contributed by atoms with van der Waals surface area (Å²) in [5.41, 5.74) is 0.627. The van der Waals surface area contributed by atoms with E-state index in [0.29, 0.717) is 41.6 Å². The van der Waals surface area contributed by atoms with E-state index in [4.69, 9.17) is 29.0 Å². The predicted octanol–water partition coefficient (Wildman–Crippen LogP) is 5.43. The van der Waals surface area contributed by atoms with E-state index in [1.165, 1.54) is 0 Å². The minimum Gasteiger partial charge on any atom is -0.491 e. The van der Waals surface area contributed by atoms with E-state index >= 15 is 0 Å². The molecule has 0 aromatic heterocycles. The van der Waals surface area contributed by atoms with Gasteiger partial charge in [0.15, 0.2) is 6.10 Å². The van der Waals surface area contributed by atoms with Crippen LogP contribution in [0.3, 0.4) is 0 Å². The van der Waals surface area contributed by atoms with Crippen LogP contribution in [-0.2, 0) is 19.6 Å². The maximum Gasteiger partial charge on any atom is 0.373 e. The summed E-state index contributed by atoms with van der Waals surface area (Å²) in [6.07, 6.45) is 3.37. The minimum atomic E-state index is -0.684. The van der Waals surface area contributed by atoms with E-state index in [2.05, 4.69) is 0 Å². The molecule has 8 nitrogen and oxygen atoms in total. The molecule has 8 heteroatoms. The van der Waals surface area contributed by atoms with Crippen LogP contribution < -0.4 is 9.47 Å². The Labute approximate surface area is 199 Å². The Hall–Kier alpha value is -3.10. The standard InChI is InChI=1S/C26H30O8/c1-17(2)29-21-13-9-19(10-14-21)25(27)33-31-23-7-5-6-8-24(23)32-34-26(28)20-11-15-22(16-12-20)30-18(3)4/h5,9-18,23H,6-8H2,1-4H3. The van der Waals surface area contributed by atoms with Crippen molar-refractivity contribution in [3.63, 3.8) is 0 Å². The molecule has 34 heavy (non-hydrogen) atoms. The van der Waals surface area contributed by atoms with Crippen LogP contribution in [0.15, 0.2) is 48.5 Å². The number of carbonyl (C=O) groups is 2. The van der Waals surface area contributed by atoms with Crippen molar-refractivity contribution < 1.29 is 38.6 Å². The second kappa shape index (κ2) is 12.4. The zero-order chi connectivity index (χ0) is 24.5. The van der Waals surface area contributed by atoms with E-state index in [1.54, 1.807) is 48.5 Å². The first-order valence-electron chi connectivity index (χ1n) is 11.3. The first-order valence-corrected chi connectivity index (χ1v) is 11.3. The molecule has 1 fully saturated rings. The summed E-state index contributed by atoms with van der Waals surface area (Å²) in [6, 6.07) is 13.1. The molecule has 1 unspecified atom stereocenters. The van der Waals surface area contributed by atoms with Gasteiger partial charge in [-0.15, -0.1) is 0 Å². The second-order valence-electron chi connectivity index (χ2n) is 8.32. The van der Waals surface area contributed by atoms with Crippen LogP contribution in [0.5, 0.6) is 11.5 Å². The first kappa shape index (κ1) is 25.5. The molecule has 1 aliphatic rings. The van der Waals surface area contributed by atoms with Crippen molar-refractivity contribution in [3.05, 3.63) is 72.2 Å². The van der Waals surface area contributed by atoms with Gasteiger partial charge in [-0.1, -0.05) is 0 Å². The highest BCUT2D eigenvalue weighted by molar-refractivity contribution is 5.89. The summed E-state index contributed by atoms with van der Waals surface area (Å²) in [4.78, 5) is 45.2. The lowest BCUT2D eigenvalue weighted by Gasteiger charge is -2.26. The van der Waals surface area contributed by atoms with Gasteiger partial charge >= 0.3 is 11.9 Å². The smallest absolute Gasteiger partial charge is 0.373 e. The lowest BCUT2D eigenvalue weighted by Crippen LogP contribution is -2.30. The summed E-state index contributed by atoms with van der Waals surface area (Å²) in [5, 5.41) is 0. The van der Waals surface area contributed by atoms with Gasteiger partial charge in [0, 0.05) is 0 Å². The van der Waals surface area contributed by atoms with Gasteiger partial charge in [0.05, 0.1) is 23.3 Å². The maximum absolute atomic E-state index is 12.3. The molecule has 0 heterocycles. The number of benzene rings is 2. The van der Waals surface area contributed by atoms with Crippen molar-refractivity contribution in [2.45, 2.75) is 65.3 Å². The monoisotopic (exact) mass is 470 g/mol. The summed E-state index contributed by atoms with van der Waals surface area (Å²) in [5.74, 6) is 0.00336. The summed E-state index contributed by atoms with van der Waals surface area (Å²) < 4.78 is 11.1. The minimum absolute atomic E-state index is 0.0323. The molecule has 1 saturated carbocycles. The van der Waals surface area contributed by atoms with E-state index in [9.17, 15) is 9.59 Å². The van der Waals surface area contributed by atoms with Crippen molar-refractivity contribution in [1.29, 1.82) is 0 Å². The quantitative estimate of drug-likeness (QED) is 0.336. The average Bonchev–Trinajstić information content (AvgIpc) is 2.81. The van der Waals surface area contributed by atoms with Crippen LogP contribution in [0.4, 0.5) is 0 Å². The predicted molar refractivity (Wildman–Crippen MR) is 123 cm³/mol. The Bertz CT molecular complexity index is 843. The summed E-state index contributed by atoms with van der Waals surface area (Å²) >= 11 is 0. The van der Waals surface area contributed by atoms with Crippen LogP contribution in [0.2, 0.25) is 0 Å². The molecule has 182 valence electrons. The first-order chi connectivity index (χ1) is 16.3. The third-order valence-electron chi connectivity index (χ3n) is 4.72. The van der Waals surface area contributed by atoms with Gasteiger partial charge < -0.3 is 9.47 Å². The SMILES string of the molecule is CC(C)Oc1ccc(C(=O)OO[C]2CC[CH]CC2OOC(=O)c2ccc(OC(C)C)cc2)cc1. The van der Waals surface area contributed by atoms with Gasteiger partial charge in [-0.05, 0) is 102 Å². The van der Waals surface area contributed by atoms with Gasteiger partial charge in [0.1, 0.15) is 17.6 Å². The highest BCUT2D eigenvalue weighted by Gasteiger charge is 2.33. The fourth-order valence-corrected chi connectivity index (χ4v) is 3.17. The molecule has 2 aromatic carbocycles. The molecule has 0 aliphatic heterocycles. The highest BCUT2D eigenvalue weighted by atomic mass is 17.2. The Morgan fingerprint density at radius 2 is 1.26 bits per heavy atom. The Morgan fingerprint density at radius 3 is 1.76 bits per heavy atom. The van der Waals surface area contributed by atoms with E-state index in [0.717, 1.165) is 6.42 Å². The molecule has 0 N–H and O–H groups in total. The van der Waals surface area contributed by atoms with E-state index in [-0.39, 0.29) is 12.2 Å². The van der Waals surface area contributed by atoms with Crippen molar-refractivity contribution in [1.82, 2.24) is 0 Å². The van der Waals surface area contributed by atoms with E-state index in [1.807, 2.05) is 34.1 Å². The molecule has 1 atom stereocenters. The fraction of sp³-hybridized carbons (Fsp3) is 0.385. The number of hydrogen-bond acceptors (Lipinski definition) is 8. The number of hydrogen-bond donors (Lipinski definition) is 0. The zero-order valence-electron chi connectivity index (χ0n) is 19.8. The van der Waals surface area contributed by atoms with Crippen molar-refractivity contribution in [3.8, 4) is 11.5 Å². The molecule has 0 bridgehead atoms. The molecule has 0 spiro atoms. The topological polar surface area (TPSA) is 89.5 Å². The van der Waals surface area contributed by atoms with Gasteiger partial charge in [0.2, 0.25) is 0 Å². The molecule has 1 aliphatic carbocycles. The Balaban J connectivity index is 1.49. The molecule has 2 radical (unpaired) electrons. The normalized spacial score (nSPS) is 16.4. The summed E-state index contributed by atoms with van der Waals surface area (Å²) in [6.45, 7) is 7.68. The number of carbonyl (C=O) groups excluding carboxylic acids is 2.